The minimum Gasteiger partial charge on any atom is -0.478 e. The van der Waals surface area contributed by atoms with Crippen molar-refractivity contribution in [2.45, 2.75) is 51.2 Å². The fourth-order valence-electron chi connectivity index (χ4n) is 2.86. The number of rotatable bonds is 10. The Morgan fingerprint density at radius 3 is 2.43 bits per heavy atom. The molecule has 0 fully saturated rings. The normalized spacial score (nSPS) is 11.4. The van der Waals surface area contributed by atoms with Crippen molar-refractivity contribution >= 4 is 27.6 Å². The number of hydrogen-bond acceptors (Lipinski definition) is 9. The van der Waals surface area contributed by atoms with Crippen molar-refractivity contribution in [1.82, 2.24) is 15.0 Å². The van der Waals surface area contributed by atoms with Gasteiger partial charge in [0.1, 0.15) is 17.2 Å². The number of pyridine rings is 1. The van der Waals surface area contributed by atoms with E-state index < -0.39 is 27.5 Å². The van der Waals surface area contributed by atoms with Crippen LogP contribution < -0.4 is 20.5 Å². The summed E-state index contributed by atoms with van der Waals surface area (Å²) in [6.45, 7) is 7.19. The van der Waals surface area contributed by atoms with Crippen LogP contribution in [0.15, 0.2) is 35.2 Å². The van der Waals surface area contributed by atoms with Crippen LogP contribution in [0.2, 0.25) is 0 Å². The number of anilines is 1. The van der Waals surface area contributed by atoms with E-state index in [9.17, 15) is 23.3 Å². The first-order valence-corrected chi connectivity index (χ1v) is 12.3. The average molecular weight is 504 g/mol. The van der Waals surface area contributed by atoms with E-state index in [-0.39, 0.29) is 47.2 Å². The Kier molecular flexibility index (Phi) is 9.16. The van der Waals surface area contributed by atoms with Crippen molar-refractivity contribution in [3.8, 4) is 11.9 Å². The first-order chi connectivity index (χ1) is 16.4. The van der Waals surface area contributed by atoms with E-state index >= 15 is 0 Å². The molecule has 2 rings (SSSR count). The lowest BCUT2D eigenvalue weighted by Gasteiger charge is -2.19. The molecule has 0 unspecified atom stereocenters. The molecule has 1 heterocycles. The number of benzene rings is 1. The van der Waals surface area contributed by atoms with Crippen molar-refractivity contribution in [1.29, 1.82) is 5.26 Å². The summed E-state index contributed by atoms with van der Waals surface area (Å²) in [7, 11) is -3.83. The van der Waals surface area contributed by atoms with Crippen LogP contribution >= 0.6 is 0 Å². The summed E-state index contributed by atoms with van der Waals surface area (Å²) in [5.41, 5.74) is 5.64. The van der Waals surface area contributed by atoms with Crippen LogP contribution in [0.5, 0.6) is 5.88 Å². The van der Waals surface area contributed by atoms with Gasteiger partial charge in [-0.05, 0) is 45.4 Å². The Morgan fingerprint density at radius 1 is 1.20 bits per heavy atom. The first kappa shape index (κ1) is 27.6. The lowest BCUT2D eigenvalue weighted by Crippen LogP contribution is -2.29. The third-order valence-electron chi connectivity index (χ3n) is 4.37. The van der Waals surface area contributed by atoms with E-state index in [4.69, 9.17) is 15.2 Å². The number of nitrogen functional groups attached to an aromatic ring is 1. The van der Waals surface area contributed by atoms with Crippen molar-refractivity contribution < 1.29 is 27.5 Å². The molecular formula is C23H29N5O6S. The summed E-state index contributed by atoms with van der Waals surface area (Å²) in [6, 6.07) is 9.06. The second-order valence-corrected chi connectivity index (χ2v) is 10.1. The molecule has 0 aliphatic heterocycles. The van der Waals surface area contributed by atoms with Gasteiger partial charge in [-0.3, -0.25) is 9.59 Å². The summed E-state index contributed by atoms with van der Waals surface area (Å²) in [5, 5.41) is 12.0. The van der Waals surface area contributed by atoms with Crippen LogP contribution in [0.1, 0.15) is 55.7 Å². The maximum Gasteiger partial charge on any atom is 0.307 e. The number of ether oxygens (including phenoxy) is 2. The number of nitrogens with zero attached hydrogens (tertiary/aromatic N) is 2. The maximum absolute atomic E-state index is 12.6. The predicted octanol–water partition coefficient (Wildman–Crippen LogP) is 1.87. The molecule has 0 atom stereocenters. The van der Waals surface area contributed by atoms with Crippen LogP contribution in [-0.4, -0.2) is 44.0 Å². The Bertz CT molecular complexity index is 1210. The second kappa shape index (κ2) is 11.6. The molecule has 35 heavy (non-hydrogen) atoms. The first-order valence-electron chi connectivity index (χ1n) is 10.8. The van der Waals surface area contributed by atoms with Gasteiger partial charge in [0.2, 0.25) is 15.9 Å². The van der Waals surface area contributed by atoms with Gasteiger partial charge in [-0.25, -0.2) is 18.1 Å². The van der Waals surface area contributed by atoms with Gasteiger partial charge in [-0.1, -0.05) is 12.1 Å². The van der Waals surface area contributed by atoms with Crippen LogP contribution in [0.4, 0.5) is 5.69 Å². The minimum atomic E-state index is -3.83. The van der Waals surface area contributed by atoms with E-state index in [2.05, 4.69) is 15.0 Å². The molecule has 188 valence electrons. The molecule has 0 bridgehead atoms. The Labute approximate surface area is 204 Å². The molecular weight excluding hydrogens is 474 g/mol. The van der Waals surface area contributed by atoms with Crippen molar-refractivity contribution in [3.05, 3.63) is 47.2 Å². The monoisotopic (exact) mass is 503 g/mol. The Hall–Kier alpha value is -3.69. The SMILES string of the molecule is CCOc1cc(N)c(C#N)c(C(=O)NCc2ccc(S(=O)(=O)NCCC(=O)OC(C)(C)C)cc2)n1. The molecule has 0 spiro atoms. The molecule has 0 aliphatic rings. The summed E-state index contributed by atoms with van der Waals surface area (Å²) in [6.07, 6.45) is -0.103. The van der Waals surface area contributed by atoms with Crippen LogP contribution in [0.25, 0.3) is 0 Å². The lowest BCUT2D eigenvalue weighted by atomic mass is 10.1. The molecule has 4 N–H and O–H groups in total. The van der Waals surface area contributed by atoms with Gasteiger partial charge in [0.05, 0.1) is 23.6 Å². The lowest BCUT2D eigenvalue weighted by molar-refractivity contribution is -0.154. The van der Waals surface area contributed by atoms with E-state index in [1.807, 2.05) is 6.07 Å². The van der Waals surface area contributed by atoms with Crippen molar-refractivity contribution in [3.63, 3.8) is 0 Å². The minimum absolute atomic E-state index is 0.00221. The fraction of sp³-hybridized carbons (Fsp3) is 0.391. The second-order valence-electron chi connectivity index (χ2n) is 8.38. The molecule has 1 aromatic heterocycles. The standard InChI is InChI=1S/C23H29N5O6S/c1-5-33-19-12-18(25)17(13-24)21(28-19)22(30)26-14-15-6-8-16(9-7-15)35(31,32)27-11-10-20(29)34-23(2,3)4/h6-9,12,27H,5,10-11,14H2,1-4H3,(H2,25,28)(H,26,30). The van der Waals surface area contributed by atoms with Gasteiger partial charge in [-0.15, -0.1) is 0 Å². The molecule has 12 heteroatoms. The van der Waals surface area contributed by atoms with E-state index in [1.54, 1.807) is 27.7 Å². The largest absolute Gasteiger partial charge is 0.478 e. The van der Waals surface area contributed by atoms with Crippen LogP contribution in [0, 0.1) is 11.3 Å². The van der Waals surface area contributed by atoms with Crippen LogP contribution in [0.3, 0.4) is 0 Å². The zero-order valence-electron chi connectivity index (χ0n) is 20.0. The molecule has 0 saturated carbocycles. The number of aromatic nitrogens is 1. The third kappa shape index (κ3) is 8.24. The van der Waals surface area contributed by atoms with E-state index in [0.717, 1.165) is 0 Å². The number of nitrogens with one attached hydrogen (secondary N) is 2. The number of nitrogens with two attached hydrogens (primary N) is 1. The topological polar surface area (TPSA) is 174 Å². The number of esters is 1. The molecule has 0 aliphatic carbocycles. The van der Waals surface area contributed by atoms with Crippen molar-refractivity contribution in [2.75, 3.05) is 18.9 Å². The van der Waals surface area contributed by atoms with Gasteiger partial charge in [-0.2, -0.15) is 5.26 Å². The van der Waals surface area contributed by atoms with Gasteiger partial charge in [0.25, 0.3) is 5.91 Å². The van der Waals surface area contributed by atoms with Gasteiger partial charge < -0.3 is 20.5 Å². The predicted molar refractivity (Wildman–Crippen MR) is 128 cm³/mol. The van der Waals surface area contributed by atoms with Gasteiger partial charge in [0.15, 0.2) is 5.69 Å². The van der Waals surface area contributed by atoms with E-state index in [1.165, 1.54) is 30.3 Å². The smallest absolute Gasteiger partial charge is 0.307 e. The number of amides is 1. The highest BCUT2D eigenvalue weighted by Gasteiger charge is 2.20. The highest BCUT2D eigenvalue weighted by Crippen LogP contribution is 2.21. The highest BCUT2D eigenvalue weighted by atomic mass is 32.2. The summed E-state index contributed by atoms with van der Waals surface area (Å²) >= 11 is 0. The summed E-state index contributed by atoms with van der Waals surface area (Å²) in [5.74, 6) is -1.01. The zero-order valence-corrected chi connectivity index (χ0v) is 20.9. The Balaban J connectivity index is 2.00. The quantitative estimate of drug-likeness (QED) is 0.409. The number of carbonyl (C=O) groups is 2. The summed E-state index contributed by atoms with van der Waals surface area (Å²) < 4.78 is 37.7. The number of nitriles is 1. The fourth-order valence-corrected chi connectivity index (χ4v) is 3.89. The Morgan fingerprint density at radius 2 is 1.86 bits per heavy atom. The molecule has 0 radical (unpaired) electrons. The average Bonchev–Trinajstić information content (AvgIpc) is 2.76. The zero-order chi connectivity index (χ0) is 26.2. The number of carbonyl (C=O) groups excluding carboxylic acids is 2. The molecule has 1 aromatic carbocycles. The maximum atomic E-state index is 12.6. The molecule has 1 amide bonds. The van der Waals surface area contributed by atoms with E-state index in [0.29, 0.717) is 12.2 Å². The van der Waals surface area contributed by atoms with Gasteiger partial charge in [0, 0.05) is 19.2 Å². The molecule has 2 aromatic rings. The third-order valence-corrected chi connectivity index (χ3v) is 5.85. The summed E-state index contributed by atoms with van der Waals surface area (Å²) in [4.78, 5) is 28.4. The molecule has 0 saturated heterocycles. The molecule has 11 nitrogen and oxygen atoms in total. The van der Waals surface area contributed by atoms with Crippen LogP contribution in [-0.2, 0) is 26.1 Å². The highest BCUT2D eigenvalue weighted by molar-refractivity contribution is 7.89. The van der Waals surface area contributed by atoms with Crippen molar-refractivity contribution in [2.24, 2.45) is 0 Å². The number of hydrogen-bond donors (Lipinski definition) is 3. The van der Waals surface area contributed by atoms with Gasteiger partial charge >= 0.3 is 5.97 Å². The number of sulfonamides is 1.